The van der Waals surface area contributed by atoms with E-state index in [-0.39, 0.29) is 23.4 Å². The number of amides is 1. The molecule has 29 heavy (non-hydrogen) atoms. The third kappa shape index (κ3) is 6.30. The molecule has 0 aliphatic heterocycles. The fraction of sp³-hybridized carbons (Fsp3) is 0.591. The van der Waals surface area contributed by atoms with E-state index in [4.69, 9.17) is 11.6 Å². The van der Waals surface area contributed by atoms with Crippen LogP contribution in [-0.2, 0) is 14.8 Å². The summed E-state index contributed by atoms with van der Waals surface area (Å²) < 4.78 is 28.0. The minimum atomic E-state index is -3.76. The molecule has 1 saturated carbocycles. The van der Waals surface area contributed by atoms with Gasteiger partial charge >= 0.3 is 0 Å². The Bertz CT molecular complexity index is 815. The molecule has 0 radical (unpaired) electrons. The monoisotopic (exact) mass is 438 g/mol. The molecule has 1 amide bonds. The first-order chi connectivity index (χ1) is 14.0. The summed E-state index contributed by atoms with van der Waals surface area (Å²) in [5.41, 5.74) is 1.40. The SMILES string of the molecule is O=C(CN(C1CCCCC1)S(=O)(=O)c1ccc(Cl)cc1)NCCC1=CCCCC1. The molecule has 160 valence electrons. The van der Waals surface area contributed by atoms with E-state index in [9.17, 15) is 13.2 Å². The van der Waals surface area contributed by atoms with Gasteiger partial charge in [0.2, 0.25) is 15.9 Å². The molecule has 2 aliphatic rings. The summed E-state index contributed by atoms with van der Waals surface area (Å²) in [4.78, 5) is 12.8. The molecule has 1 N–H and O–H groups in total. The highest BCUT2D eigenvalue weighted by Gasteiger charge is 2.33. The molecule has 3 rings (SSSR count). The Labute approximate surface area is 179 Å². The van der Waals surface area contributed by atoms with Crippen molar-refractivity contribution in [2.45, 2.75) is 75.1 Å². The summed E-state index contributed by atoms with van der Waals surface area (Å²) in [5, 5.41) is 3.41. The van der Waals surface area contributed by atoms with Gasteiger partial charge in [-0.1, -0.05) is 42.5 Å². The summed E-state index contributed by atoms with van der Waals surface area (Å²) in [6.07, 6.45) is 12.5. The number of sulfonamides is 1. The van der Waals surface area contributed by atoms with Crippen LogP contribution in [0.4, 0.5) is 0 Å². The first kappa shape index (κ1) is 22.3. The third-order valence-corrected chi connectivity index (χ3v) is 8.02. The van der Waals surface area contributed by atoms with Crippen LogP contribution in [0.3, 0.4) is 0 Å². The number of halogens is 1. The zero-order valence-corrected chi connectivity index (χ0v) is 18.5. The number of rotatable bonds is 8. The van der Waals surface area contributed by atoms with Crippen molar-refractivity contribution in [1.82, 2.24) is 9.62 Å². The van der Waals surface area contributed by atoms with Crippen LogP contribution in [0, 0.1) is 0 Å². The molecule has 2 aliphatic carbocycles. The van der Waals surface area contributed by atoms with Gasteiger partial charge in [-0.15, -0.1) is 0 Å². The van der Waals surface area contributed by atoms with Gasteiger partial charge in [0.05, 0.1) is 11.4 Å². The van der Waals surface area contributed by atoms with Gasteiger partial charge in [-0.3, -0.25) is 4.79 Å². The molecule has 1 aromatic rings. The molecular weight excluding hydrogens is 408 g/mol. The first-order valence-electron chi connectivity index (χ1n) is 10.7. The maximum atomic E-state index is 13.3. The number of nitrogens with one attached hydrogen (secondary N) is 1. The lowest BCUT2D eigenvalue weighted by molar-refractivity contribution is -0.121. The van der Waals surface area contributed by atoms with Gasteiger partial charge < -0.3 is 5.32 Å². The Balaban J connectivity index is 1.67. The maximum Gasteiger partial charge on any atom is 0.243 e. The van der Waals surface area contributed by atoms with Crippen LogP contribution in [0.15, 0.2) is 40.8 Å². The highest BCUT2D eigenvalue weighted by atomic mass is 35.5. The second-order valence-corrected chi connectivity index (χ2v) is 10.3. The van der Waals surface area contributed by atoms with Gasteiger partial charge in [0.15, 0.2) is 0 Å². The Morgan fingerprint density at radius 1 is 1.07 bits per heavy atom. The van der Waals surface area contributed by atoms with Crippen molar-refractivity contribution in [3.63, 3.8) is 0 Å². The van der Waals surface area contributed by atoms with Crippen molar-refractivity contribution in [3.8, 4) is 0 Å². The summed E-state index contributed by atoms with van der Waals surface area (Å²) in [5.74, 6) is -0.232. The van der Waals surface area contributed by atoms with Crippen molar-refractivity contribution < 1.29 is 13.2 Å². The van der Waals surface area contributed by atoms with Crippen LogP contribution in [-0.4, -0.2) is 37.8 Å². The predicted molar refractivity (Wildman–Crippen MR) is 116 cm³/mol. The highest BCUT2D eigenvalue weighted by Crippen LogP contribution is 2.28. The molecule has 0 atom stereocenters. The standard InChI is InChI=1S/C22H31ClN2O3S/c23-19-11-13-21(14-12-19)29(27,28)25(20-9-5-2-6-10-20)17-22(26)24-16-15-18-7-3-1-4-8-18/h7,11-14,20H,1-6,8-10,15-17H2,(H,24,26). The Kier molecular flexibility index (Phi) is 8.16. The molecule has 0 aromatic heterocycles. The van der Waals surface area contributed by atoms with E-state index in [0.29, 0.717) is 11.6 Å². The fourth-order valence-corrected chi connectivity index (χ4v) is 5.98. The Morgan fingerprint density at radius 3 is 2.45 bits per heavy atom. The molecule has 5 nitrogen and oxygen atoms in total. The number of carbonyl (C=O) groups is 1. The topological polar surface area (TPSA) is 66.5 Å². The number of allylic oxidation sites excluding steroid dienone is 1. The van der Waals surface area contributed by atoms with Crippen LogP contribution >= 0.6 is 11.6 Å². The maximum absolute atomic E-state index is 13.3. The summed E-state index contributed by atoms with van der Waals surface area (Å²) in [7, 11) is -3.76. The van der Waals surface area contributed by atoms with E-state index < -0.39 is 10.0 Å². The van der Waals surface area contributed by atoms with Crippen LogP contribution in [0.25, 0.3) is 0 Å². The smallest absolute Gasteiger partial charge is 0.243 e. The van der Waals surface area contributed by atoms with E-state index in [1.54, 1.807) is 12.1 Å². The normalized spacial score (nSPS) is 18.5. The van der Waals surface area contributed by atoms with Gasteiger partial charge in [-0.05, 0) is 69.2 Å². The second-order valence-electron chi connectivity index (χ2n) is 8.00. The summed E-state index contributed by atoms with van der Waals surface area (Å²) in [6, 6.07) is 6.05. The molecule has 0 spiro atoms. The fourth-order valence-electron chi connectivity index (χ4n) is 4.21. The van der Waals surface area contributed by atoms with Gasteiger partial charge in [0, 0.05) is 17.6 Å². The average molecular weight is 439 g/mol. The minimum absolute atomic E-state index is 0.128. The number of hydrogen-bond acceptors (Lipinski definition) is 3. The lowest BCUT2D eigenvalue weighted by Gasteiger charge is -2.33. The Morgan fingerprint density at radius 2 is 1.79 bits per heavy atom. The van der Waals surface area contributed by atoms with E-state index in [1.807, 2.05) is 0 Å². The lowest BCUT2D eigenvalue weighted by Crippen LogP contribution is -2.47. The van der Waals surface area contributed by atoms with Crippen LogP contribution < -0.4 is 5.32 Å². The van der Waals surface area contributed by atoms with Crippen molar-refractivity contribution in [2.24, 2.45) is 0 Å². The lowest BCUT2D eigenvalue weighted by atomic mass is 9.95. The molecule has 7 heteroatoms. The van der Waals surface area contributed by atoms with Crippen molar-refractivity contribution in [1.29, 1.82) is 0 Å². The van der Waals surface area contributed by atoms with Crippen molar-refractivity contribution in [2.75, 3.05) is 13.1 Å². The number of hydrogen-bond donors (Lipinski definition) is 1. The van der Waals surface area contributed by atoms with E-state index >= 15 is 0 Å². The average Bonchev–Trinajstić information content (AvgIpc) is 2.73. The highest BCUT2D eigenvalue weighted by molar-refractivity contribution is 7.89. The molecule has 0 saturated heterocycles. The van der Waals surface area contributed by atoms with Gasteiger partial charge in [-0.2, -0.15) is 4.31 Å². The molecule has 1 aromatic carbocycles. The van der Waals surface area contributed by atoms with Gasteiger partial charge in [-0.25, -0.2) is 8.42 Å². The molecular formula is C22H31ClN2O3S. The molecule has 0 bridgehead atoms. The summed E-state index contributed by atoms with van der Waals surface area (Å²) in [6.45, 7) is 0.429. The molecule has 0 unspecified atom stereocenters. The zero-order valence-electron chi connectivity index (χ0n) is 16.9. The van der Waals surface area contributed by atoms with Crippen LogP contribution in [0.1, 0.15) is 64.2 Å². The molecule has 0 heterocycles. The number of nitrogens with zero attached hydrogens (tertiary/aromatic N) is 1. The van der Waals surface area contributed by atoms with Gasteiger partial charge in [0.25, 0.3) is 0 Å². The quantitative estimate of drug-likeness (QED) is 0.599. The van der Waals surface area contributed by atoms with Crippen molar-refractivity contribution in [3.05, 3.63) is 40.9 Å². The van der Waals surface area contributed by atoms with E-state index in [2.05, 4.69) is 11.4 Å². The van der Waals surface area contributed by atoms with E-state index in [1.165, 1.54) is 34.9 Å². The molecule has 1 fully saturated rings. The third-order valence-electron chi connectivity index (χ3n) is 5.85. The summed E-state index contributed by atoms with van der Waals surface area (Å²) >= 11 is 5.92. The van der Waals surface area contributed by atoms with Crippen molar-refractivity contribution >= 4 is 27.5 Å². The second kappa shape index (κ2) is 10.6. The van der Waals surface area contributed by atoms with E-state index in [0.717, 1.165) is 51.4 Å². The largest absolute Gasteiger partial charge is 0.355 e. The van der Waals surface area contributed by atoms with Crippen LogP contribution in [0.5, 0.6) is 0 Å². The first-order valence-corrected chi connectivity index (χ1v) is 12.5. The van der Waals surface area contributed by atoms with Gasteiger partial charge in [0.1, 0.15) is 0 Å². The number of carbonyl (C=O) groups excluding carboxylic acids is 1. The minimum Gasteiger partial charge on any atom is -0.355 e. The predicted octanol–water partition coefficient (Wildman–Crippen LogP) is 4.67. The zero-order chi connectivity index (χ0) is 20.7. The van der Waals surface area contributed by atoms with Crippen LogP contribution in [0.2, 0.25) is 5.02 Å². The number of benzene rings is 1. The Hall–Kier alpha value is -1.37.